The molecule has 1 aromatic rings. The van der Waals surface area contributed by atoms with Gasteiger partial charge < -0.3 is 29.8 Å². The molecule has 3 N–H and O–H groups in total. The van der Waals surface area contributed by atoms with Gasteiger partial charge in [-0.2, -0.15) is 15.0 Å². The summed E-state index contributed by atoms with van der Waals surface area (Å²) in [5.41, 5.74) is 0. The molecule has 0 saturated heterocycles. The fraction of sp³-hybridized carbons (Fsp3) is 0.750. The molecule has 2 unspecified atom stereocenters. The first-order valence-electron chi connectivity index (χ1n) is 9.79. The zero-order valence-corrected chi connectivity index (χ0v) is 21.7. The maximum absolute atomic E-state index is 11.0. The third-order valence-electron chi connectivity index (χ3n) is 4.20. The van der Waals surface area contributed by atoms with Gasteiger partial charge in [0.15, 0.2) is 0 Å². The summed E-state index contributed by atoms with van der Waals surface area (Å²) in [7, 11) is -8.82. The molecule has 0 fully saturated rings. The number of nitrogens with one attached hydrogen (secondary N) is 3. The second-order valence-electron chi connectivity index (χ2n) is 6.96. The summed E-state index contributed by atoms with van der Waals surface area (Å²) in [5, 5.41) is 6.35. The maximum atomic E-state index is 11.0. The van der Waals surface area contributed by atoms with Gasteiger partial charge in [0.1, 0.15) is 0 Å². The molecule has 1 rings (SSSR count). The number of nitrogens with zero attached hydrogens (tertiary/aromatic N) is 3. The van der Waals surface area contributed by atoms with Crippen LogP contribution in [-0.4, -0.2) is 83.6 Å². The number of ether oxygens (including phenoxy) is 1. The number of carbonyl (C=O) groups is 1. The van der Waals surface area contributed by atoms with Gasteiger partial charge in [-0.1, -0.05) is 0 Å². The Bertz CT molecular complexity index is 906. The molecule has 0 aromatic carbocycles. The van der Waals surface area contributed by atoms with Crippen LogP contribution in [0.25, 0.3) is 0 Å². The van der Waals surface area contributed by atoms with Gasteiger partial charge in [0, 0.05) is 37.1 Å². The van der Waals surface area contributed by atoms with Crippen molar-refractivity contribution in [3.63, 3.8) is 0 Å². The minimum Gasteiger partial charge on any atom is -0.748 e. The molecular weight excluding hydrogens is 482 g/mol. The maximum Gasteiger partial charge on any atom is 1.00 e. The quantitative estimate of drug-likeness (QED) is 0.0866. The van der Waals surface area contributed by atoms with Gasteiger partial charge in [0.25, 0.3) is 0 Å². The third-order valence-corrected chi connectivity index (χ3v) is 6.64. The van der Waals surface area contributed by atoms with Crippen LogP contribution >= 0.6 is 0 Å². The summed E-state index contributed by atoms with van der Waals surface area (Å²) in [6, 6.07) is 0. The molecule has 1 aromatic heterocycles. The Hall–Kier alpha value is -1.11. The first-order chi connectivity index (χ1) is 14.8. The molecule has 34 heavy (non-hydrogen) atoms. The van der Waals surface area contributed by atoms with Crippen LogP contribution in [0, 0.1) is 0 Å². The van der Waals surface area contributed by atoms with Gasteiger partial charge in [-0.05, 0) is 33.1 Å². The summed E-state index contributed by atoms with van der Waals surface area (Å²) in [6.07, 6.45) is 0.545. The third kappa shape index (κ3) is 15.0. The Morgan fingerprint density at radius 1 is 0.824 bits per heavy atom. The summed E-state index contributed by atoms with van der Waals surface area (Å²) in [6.45, 7) is 4.66. The van der Waals surface area contributed by atoms with E-state index in [1.165, 1.54) is 20.8 Å². The average molecular weight is 510 g/mol. The van der Waals surface area contributed by atoms with E-state index >= 15 is 0 Å². The topological polar surface area (TPSA) is 215 Å². The largest absolute Gasteiger partial charge is 1.00 e. The SMILES string of the molecule is CC(=O)OCCCNc1nc(NCCC(C)S(=O)(=O)[O-])nc(NCCC(C)S(=O)(=O)[O-])n1.[Li+].[Li+]. The molecular formula is C16H28Li2N6O8S2. The second-order valence-corrected chi connectivity index (χ2v) is 10.5. The van der Waals surface area contributed by atoms with Gasteiger partial charge in [0.2, 0.25) is 17.8 Å². The van der Waals surface area contributed by atoms with E-state index in [0.29, 0.717) is 13.0 Å². The molecule has 0 radical (unpaired) electrons. The molecule has 0 spiro atoms. The molecule has 1 heterocycles. The van der Waals surface area contributed by atoms with Crippen LogP contribution in [0.3, 0.4) is 0 Å². The van der Waals surface area contributed by atoms with Gasteiger partial charge in [-0.15, -0.1) is 0 Å². The number of rotatable bonds is 15. The first-order valence-corrected chi connectivity index (χ1v) is 12.7. The number of esters is 1. The van der Waals surface area contributed by atoms with Crippen LogP contribution in [0.1, 0.15) is 40.0 Å². The van der Waals surface area contributed by atoms with Gasteiger partial charge >= 0.3 is 43.7 Å². The Morgan fingerprint density at radius 3 is 1.50 bits per heavy atom. The zero-order chi connectivity index (χ0) is 24.4. The molecule has 0 aliphatic heterocycles. The van der Waals surface area contributed by atoms with Crippen molar-refractivity contribution in [1.82, 2.24) is 15.0 Å². The van der Waals surface area contributed by atoms with Crippen LogP contribution in [0.2, 0.25) is 0 Å². The van der Waals surface area contributed by atoms with E-state index in [1.54, 1.807) is 0 Å². The van der Waals surface area contributed by atoms with Gasteiger partial charge in [-0.3, -0.25) is 4.79 Å². The summed E-state index contributed by atoms with van der Waals surface area (Å²) in [4.78, 5) is 23.2. The Kier molecular flexibility index (Phi) is 17.1. The summed E-state index contributed by atoms with van der Waals surface area (Å²) < 4.78 is 70.8. The van der Waals surface area contributed by atoms with Crippen LogP contribution in [-0.2, 0) is 29.8 Å². The normalized spacial score (nSPS) is 13.0. The molecule has 184 valence electrons. The van der Waals surface area contributed by atoms with E-state index in [1.807, 2.05) is 0 Å². The van der Waals surface area contributed by atoms with Crippen molar-refractivity contribution in [2.24, 2.45) is 0 Å². The van der Waals surface area contributed by atoms with Crippen LogP contribution < -0.4 is 53.7 Å². The Morgan fingerprint density at radius 2 is 1.18 bits per heavy atom. The van der Waals surface area contributed by atoms with Crippen molar-refractivity contribution in [1.29, 1.82) is 0 Å². The van der Waals surface area contributed by atoms with Crippen molar-refractivity contribution in [2.45, 2.75) is 50.5 Å². The first kappa shape index (κ1) is 35.1. The standard InChI is InChI=1S/C16H30N6O8S2.2Li/c1-11(31(24,25)26)5-8-18-15-20-14(17-7-4-10-30-13(3)23)21-16(22-15)19-9-6-12(2)32(27,28)29;;/h11-12H,4-10H2,1-3H3,(H,24,25,26)(H,27,28,29)(H3,17,18,19,20,21,22);;/q;2*+1/p-2. The van der Waals surface area contributed by atoms with Crippen molar-refractivity contribution in [3.8, 4) is 0 Å². The second kappa shape index (κ2) is 16.5. The number of aromatic nitrogens is 3. The van der Waals surface area contributed by atoms with Gasteiger partial charge in [-0.25, -0.2) is 16.8 Å². The molecule has 0 bridgehead atoms. The van der Waals surface area contributed by atoms with E-state index in [2.05, 4.69) is 30.9 Å². The van der Waals surface area contributed by atoms with Crippen LogP contribution in [0.4, 0.5) is 17.8 Å². The predicted molar refractivity (Wildman–Crippen MR) is 114 cm³/mol. The van der Waals surface area contributed by atoms with Crippen LogP contribution in [0.5, 0.6) is 0 Å². The molecule has 2 atom stereocenters. The fourth-order valence-electron chi connectivity index (χ4n) is 2.16. The molecule has 0 aliphatic carbocycles. The van der Waals surface area contributed by atoms with Crippen molar-refractivity contribution in [2.75, 3.05) is 42.2 Å². The molecule has 18 heteroatoms. The Balaban J connectivity index is 0. The molecule has 0 saturated carbocycles. The molecule has 14 nitrogen and oxygen atoms in total. The van der Waals surface area contributed by atoms with E-state index in [9.17, 15) is 30.7 Å². The van der Waals surface area contributed by atoms with Crippen LogP contribution in [0.15, 0.2) is 0 Å². The van der Waals surface area contributed by atoms with E-state index in [-0.39, 0.29) is 88.1 Å². The number of hydrogen-bond acceptors (Lipinski definition) is 14. The smallest absolute Gasteiger partial charge is 0.748 e. The zero-order valence-electron chi connectivity index (χ0n) is 20.0. The minimum absolute atomic E-state index is 0. The van der Waals surface area contributed by atoms with E-state index in [0.717, 1.165) is 0 Å². The number of hydrogen-bond donors (Lipinski definition) is 3. The number of carbonyl (C=O) groups excluding carboxylic acids is 1. The Labute approximate surface area is 224 Å². The average Bonchev–Trinajstić information content (AvgIpc) is 2.65. The molecule has 0 aliphatic rings. The minimum atomic E-state index is -4.41. The van der Waals surface area contributed by atoms with E-state index < -0.39 is 36.7 Å². The fourth-order valence-corrected chi connectivity index (χ4v) is 2.98. The van der Waals surface area contributed by atoms with E-state index in [4.69, 9.17) is 4.74 Å². The summed E-state index contributed by atoms with van der Waals surface area (Å²) >= 11 is 0. The van der Waals surface area contributed by atoms with Crippen molar-refractivity contribution >= 4 is 44.1 Å². The molecule has 0 amide bonds. The predicted octanol–water partition coefficient (Wildman–Crippen LogP) is -6.28. The summed E-state index contributed by atoms with van der Waals surface area (Å²) in [5.74, 6) is -0.0662. The number of anilines is 3. The van der Waals surface area contributed by atoms with Crippen molar-refractivity contribution < 1.29 is 73.2 Å². The van der Waals surface area contributed by atoms with Crippen molar-refractivity contribution in [3.05, 3.63) is 0 Å². The monoisotopic (exact) mass is 510 g/mol. The van der Waals surface area contributed by atoms with Gasteiger partial charge in [0.05, 0.1) is 26.8 Å².